The van der Waals surface area contributed by atoms with Gasteiger partial charge >= 0.3 is 0 Å². The Balaban J connectivity index is -0.000000156. The van der Waals surface area contributed by atoms with Crippen LogP contribution >= 0.6 is 7.37 Å². The van der Waals surface area contributed by atoms with E-state index in [0.29, 0.717) is 67.5 Å². The molecule has 11 heteroatoms. The van der Waals surface area contributed by atoms with Crippen molar-refractivity contribution in [3.63, 3.8) is 0 Å². The monoisotopic (exact) mass is 912 g/mol. The van der Waals surface area contributed by atoms with E-state index in [1.165, 1.54) is 5.71 Å². The molecule has 0 aliphatic carbocycles. The third-order valence-electron chi connectivity index (χ3n) is 7.17. The summed E-state index contributed by atoms with van der Waals surface area (Å²) < 4.78 is 11.4. The smallest absolute Gasteiger partial charge is 0.201 e. The molecule has 0 fully saturated rings. The standard InChI is InChI=1S/C11H21NO.2C9H17NO.C8H17N.C8H19O2P.C7H15N/c1-10(2,3)8-12-7-9(13)11(4,5)6;1-7(2)10-6-8(11)9(3,4)5;1-7(2)5-10-6-9(11)8(3)4;1-7(2)5-9-6-8(3)4;1-7(2)5-11(9,10)6-8(3)4;1-6(2)5-8-7(3)4/h8H,7H2,1-6H3;6H2,1-5H3;5,7-8H,6H2,1-4H3;5,7-8H,6H2,1-4H3;7-8H,5-6H2,1-4H3,(H,9,10);6H,5H2,1-4H3. The summed E-state index contributed by atoms with van der Waals surface area (Å²) in [7, 11) is -2.80. The van der Waals surface area contributed by atoms with Gasteiger partial charge in [-0.05, 0) is 68.6 Å². The van der Waals surface area contributed by atoms with E-state index in [2.05, 4.69) is 87.3 Å². The number of carbonyl (C=O) groups is 3. The van der Waals surface area contributed by atoms with E-state index in [-0.39, 0.29) is 39.5 Å². The molecule has 0 heterocycles. The minimum Gasteiger partial charge on any atom is -0.344 e. The predicted molar refractivity (Wildman–Crippen MR) is 284 cm³/mol. The third-order valence-corrected chi connectivity index (χ3v) is 9.77. The fraction of sp³-hybridized carbons (Fsp3) is 0.846. The van der Waals surface area contributed by atoms with Crippen LogP contribution in [0.2, 0.25) is 0 Å². The van der Waals surface area contributed by atoms with Crippen molar-refractivity contribution in [2.24, 2.45) is 82.6 Å². The van der Waals surface area contributed by atoms with Crippen molar-refractivity contribution in [2.45, 2.75) is 187 Å². The Kier molecular flexibility index (Phi) is 44.4. The van der Waals surface area contributed by atoms with E-state index in [4.69, 9.17) is 0 Å². The van der Waals surface area contributed by atoms with Gasteiger partial charge in [0.05, 0.1) is 19.6 Å². The van der Waals surface area contributed by atoms with Gasteiger partial charge in [-0.2, -0.15) is 0 Å². The highest BCUT2D eigenvalue weighted by Gasteiger charge is 2.22. The molecule has 0 bridgehead atoms. The molecule has 374 valence electrons. The molecule has 10 nitrogen and oxygen atoms in total. The van der Waals surface area contributed by atoms with Crippen LogP contribution in [0.3, 0.4) is 0 Å². The van der Waals surface area contributed by atoms with Gasteiger partial charge in [0.1, 0.15) is 0 Å². The lowest BCUT2D eigenvalue weighted by Gasteiger charge is -2.15. The minimum atomic E-state index is -2.80. The highest BCUT2D eigenvalue weighted by Crippen LogP contribution is 2.44. The summed E-state index contributed by atoms with van der Waals surface area (Å²) in [6, 6.07) is 0. The predicted octanol–water partition coefficient (Wildman–Crippen LogP) is 13.8. The van der Waals surface area contributed by atoms with Crippen LogP contribution < -0.4 is 0 Å². The maximum Gasteiger partial charge on any atom is 0.201 e. The summed E-state index contributed by atoms with van der Waals surface area (Å²) in [5.41, 5.74) is 1.69. The number of Topliss-reactive ketones (excluding diaryl/α,β-unsaturated/α-hetero) is 3. The van der Waals surface area contributed by atoms with Gasteiger partial charge in [-0.3, -0.25) is 43.9 Å². The minimum absolute atomic E-state index is 0.0676. The van der Waals surface area contributed by atoms with Crippen LogP contribution in [0.5, 0.6) is 0 Å². The van der Waals surface area contributed by atoms with Crippen LogP contribution in [-0.2, 0) is 18.9 Å². The summed E-state index contributed by atoms with van der Waals surface area (Å²) in [5, 5.41) is 0. The number of rotatable bonds is 17. The Morgan fingerprint density at radius 2 is 0.873 bits per heavy atom. The molecule has 1 N–H and O–H groups in total. The Bertz CT molecular complexity index is 1360. The molecule has 0 spiro atoms. The molecule has 0 atom stereocenters. The number of ketones is 3. The van der Waals surface area contributed by atoms with E-state index >= 15 is 0 Å². The van der Waals surface area contributed by atoms with Crippen molar-refractivity contribution >= 4 is 54.8 Å². The van der Waals surface area contributed by atoms with Gasteiger partial charge < -0.3 is 4.89 Å². The summed E-state index contributed by atoms with van der Waals surface area (Å²) in [6.07, 6.45) is 6.60. The van der Waals surface area contributed by atoms with E-state index in [0.717, 1.165) is 18.8 Å². The van der Waals surface area contributed by atoms with Crippen molar-refractivity contribution < 1.29 is 23.8 Å². The van der Waals surface area contributed by atoms with Crippen molar-refractivity contribution in [1.29, 1.82) is 0 Å². The fourth-order valence-electron chi connectivity index (χ4n) is 3.71. The van der Waals surface area contributed by atoms with Gasteiger partial charge in [-0.25, -0.2) is 0 Å². The first-order valence-electron chi connectivity index (χ1n) is 23.5. The lowest BCUT2D eigenvalue weighted by molar-refractivity contribution is -0.125. The lowest BCUT2D eigenvalue weighted by atomic mass is 9.91. The van der Waals surface area contributed by atoms with Crippen LogP contribution in [-0.4, -0.2) is 97.4 Å². The molecular weight excluding hydrogens is 806 g/mol. The molecule has 0 saturated heterocycles. The van der Waals surface area contributed by atoms with E-state index in [1.54, 1.807) is 0 Å². The zero-order valence-electron chi connectivity index (χ0n) is 46.5. The zero-order valence-corrected chi connectivity index (χ0v) is 47.4. The molecule has 0 aromatic heterocycles. The third kappa shape index (κ3) is 71.4. The Morgan fingerprint density at radius 1 is 0.508 bits per heavy atom. The second kappa shape index (κ2) is 38.8. The largest absolute Gasteiger partial charge is 0.344 e. The van der Waals surface area contributed by atoms with Crippen LogP contribution in [0.25, 0.3) is 0 Å². The van der Waals surface area contributed by atoms with E-state index < -0.39 is 7.37 Å². The number of aliphatic imine (C=N–C) groups is 5. The summed E-state index contributed by atoms with van der Waals surface area (Å²) >= 11 is 0. The first kappa shape index (κ1) is 72.2. The van der Waals surface area contributed by atoms with Gasteiger partial charge in [-0.15, -0.1) is 0 Å². The molecule has 0 amide bonds. The normalized spacial score (nSPS) is 12.0. The van der Waals surface area contributed by atoms with Crippen molar-refractivity contribution in [1.82, 2.24) is 0 Å². The Labute approximate surface area is 392 Å². The molecule has 0 radical (unpaired) electrons. The topological polar surface area (TPSA) is 150 Å². The van der Waals surface area contributed by atoms with Gasteiger partial charge in [0.15, 0.2) is 17.3 Å². The summed E-state index contributed by atoms with van der Waals surface area (Å²) in [4.78, 5) is 63.8. The second-order valence-corrected chi connectivity index (χ2v) is 25.1. The van der Waals surface area contributed by atoms with Gasteiger partial charge in [0.2, 0.25) is 7.37 Å². The maximum absolute atomic E-state index is 11.4. The van der Waals surface area contributed by atoms with Crippen molar-refractivity contribution in [2.75, 3.05) is 45.0 Å². The average Bonchev–Trinajstić information content (AvgIpc) is 3.04. The maximum atomic E-state index is 11.4. The molecular formula is C52H106N5O5P. The molecule has 63 heavy (non-hydrogen) atoms. The fourth-order valence-corrected chi connectivity index (χ4v) is 6.14. The molecule has 0 saturated carbocycles. The number of nitrogens with zero attached hydrogens (tertiary/aromatic N) is 5. The van der Waals surface area contributed by atoms with Crippen molar-refractivity contribution in [3.05, 3.63) is 0 Å². The molecule has 0 rings (SSSR count). The first-order chi connectivity index (χ1) is 28.1. The van der Waals surface area contributed by atoms with Crippen LogP contribution in [0.15, 0.2) is 25.0 Å². The quantitative estimate of drug-likeness (QED) is 0.114. The molecule has 0 unspecified atom stereocenters. The second-order valence-electron chi connectivity index (χ2n) is 22.6. The molecule has 0 aliphatic rings. The number of hydrogen-bond donors (Lipinski definition) is 1. The SMILES string of the molecule is CC(C)(C)C=NCC(=O)C(C)(C)C.CC(C)=NCC(=O)C(C)(C)C.CC(C)=NCC(C)C.CC(C)C=NCC(=O)C(C)C.CC(C)C=NCC(C)C.CC(C)CP(=O)(O)CC(C)C. The molecule has 0 aliphatic heterocycles. The van der Waals surface area contributed by atoms with Gasteiger partial charge in [0, 0.05) is 72.2 Å². The first-order valence-corrected chi connectivity index (χ1v) is 25.5. The average molecular weight is 912 g/mol. The van der Waals surface area contributed by atoms with Gasteiger partial charge in [0.25, 0.3) is 0 Å². The van der Waals surface area contributed by atoms with Crippen LogP contribution in [0, 0.1) is 57.7 Å². The molecule has 0 aromatic carbocycles. The van der Waals surface area contributed by atoms with Gasteiger partial charge in [-0.1, -0.05) is 159 Å². The number of hydrogen-bond acceptors (Lipinski definition) is 9. The summed E-state index contributed by atoms with van der Waals surface area (Å²) in [5.74, 6) is 3.78. The lowest BCUT2D eigenvalue weighted by Crippen LogP contribution is -2.23. The zero-order chi connectivity index (χ0) is 51.5. The van der Waals surface area contributed by atoms with Crippen LogP contribution in [0.1, 0.15) is 187 Å². The van der Waals surface area contributed by atoms with Crippen molar-refractivity contribution in [3.8, 4) is 0 Å². The van der Waals surface area contributed by atoms with Crippen LogP contribution in [0.4, 0.5) is 0 Å². The van der Waals surface area contributed by atoms with E-state index in [1.807, 2.05) is 143 Å². The highest BCUT2D eigenvalue weighted by molar-refractivity contribution is 7.58. The molecule has 0 aromatic rings. The number of carbonyl (C=O) groups excluding carboxylic acids is 3. The Morgan fingerprint density at radius 3 is 1.14 bits per heavy atom. The Hall–Kier alpha value is -2.45. The van der Waals surface area contributed by atoms with E-state index in [9.17, 15) is 23.8 Å². The summed E-state index contributed by atoms with van der Waals surface area (Å²) in [6.45, 7) is 57.2. The highest BCUT2D eigenvalue weighted by atomic mass is 31.2.